The van der Waals surface area contributed by atoms with Gasteiger partial charge >= 0.3 is 0 Å². The topological polar surface area (TPSA) is 51.8 Å². The molecule has 0 radical (unpaired) electrons. The smallest absolute Gasteiger partial charge is 0.160 e. The van der Waals surface area contributed by atoms with Gasteiger partial charge in [0, 0.05) is 27.6 Å². The first kappa shape index (κ1) is 27.5. The second-order valence-corrected chi connectivity index (χ2v) is 12.3. The van der Waals surface area contributed by atoms with Gasteiger partial charge in [-0.2, -0.15) is 0 Å². The van der Waals surface area contributed by atoms with E-state index in [1.165, 1.54) is 16.2 Å². The predicted octanol–water partition coefficient (Wildman–Crippen LogP) is 11.9. The molecule has 0 amide bonds. The molecule has 0 fully saturated rings. The van der Waals surface area contributed by atoms with E-state index in [1.54, 1.807) is 0 Å². The fraction of sp³-hybridized carbons (Fsp3) is 0. The number of pyridine rings is 1. The maximum atomic E-state index is 6.84. The van der Waals surface area contributed by atoms with Crippen molar-refractivity contribution in [3.63, 3.8) is 0 Å². The lowest BCUT2D eigenvalue weighted by atomic mass is 9.92. The zero-order valence-corrected chi connectivity index (χ0v) is 26.3. The van der Waals surface area contributed by atoms with E-state index in [0.29, 0.717) is 5.82 Å². The summed E-state index contributed by atoms with van der Waals surface area (Å²) < 4.78 is 6.84. The van der Waals surface area contributed by atoms with Gasteiger partial charge in [0.25, 0.3) is 0 Å². The molecule has 4 heteroatoms. The molecule has 0 aliphatic heterocycles. The number of hydrogen-bond donors (Lipinski definition) is 0. The monoisotopic (exact) mass is 625 g/mol. The molecule has 0 saturated heterocycles. The SMILES string of the molecule is c1ccc(-c2cc(-c3cccc4nc(-c5cc6ccccc6c6ccccc56)c5c6ccccc6oc5c34)nc(-c3ccccc3)n2)cc1. The zero-order chi connectivity index (χ0) is 32.3. The van der Waals surface area contributed by atoms with Crippen LogP contribution in [-0.2, 0) is 0 Å². The van der Waals surface area contributed by atoms with Crippen LogP contribution in [-0.4, -0.2) is 15.0 Å². The van der Waals surface area contributed by atoms with Crippen molar-refractivity contribution < 1.29 is 4.42 Å². The van der Waals surface area contributed by atoms with Gasteiger partial charge in [-0.1, -0.05) is 140 Å². The number of hydrogen-bond acceptors (Lipinski definition) is 4. The molecule has 0 saturated carbocycles. The maximum absolute atomic E-state index is 6.84. The molecule has 0 unspecified atom stereocenters. The minimum Gasteiger partial charge on any atom is -0.455 e. The van der Waals surface area contributed by atoms with Crippen LogP contribution < -0.4 is 0 Å². The number of fused-ring (bicyclic) bond motifs is 8. The minimum absolute atomic E-state index is 0.669. The van der Waals surface area contributed by atoms with E-state index in [0.717, 1.165) is 77.6 Å². The Hall–Kier alpha value is -6.65. The molecule has 4 nitrogen and oxygen atoms in total. The largest absolute Gasteiger partial charge is 0.455 e. The standard InChI is InChI=1S/C45H27N3O/c1-3-14-28(15-4-1)38-27-39(48-45(47-38)29-16-5-2-6-17-29)34-23-13-24-37-41(34)44-42(35-22-11-12-25-40(35)49-44)43(46-37)36-26-30-18-7-8-19-31(30)32-20-9-10-21-33(32)36/h1-27H. The fourth-order valence-corrected chi connectivity index (χ4v) is 7.22. The molecule has 0 aliphatic rings. The van der Waals surface area contributed by atoms with Crippen LogP contribution in [0.1, 0.15) is 0 Å². The van der Waals surface area contributed by atoms with E-state index in [1.807, 2.05) is 48.5 Å². The van der Waals surface area contributed by atoms with E-state index >= 15 is 0 Å². The van der Waals surface area contributed by atoms with Crippen LogP contribution in [0, 0.1) is 0 Å². The molecular weight excluding hydrogens is 599 g/mol. The molecule has 3 aromatic heterocycles. The van der Waals surface area contributed by atoms with Gasteiger partial charge in [0.1, 0.15) is 11.2 Å². The van der Waals surface area contributed by atoms with Gasteiger partial charge in [0.15, 0.2) is 5.82 Å². The number of nitrogens with zero attached hydrogens (tertiary/aromatic N) is 3. The van der Waals surface area contributed by atoms with Crippen molar-refractivity contribution in [2.45, 2.75) is 0 Å². The molecule has 0 aliphatic carbocycles. The Labute approximate surface area is 282 Å². The zero-order valence-electron chi connectivity index (χ0n) is 26.3. The lowest BCUT2D eigenvalue weighted by molar-refractivity contribution is 0.672. The first-order valence-electron chi connectivity index (χ1n) is 16.5. The van der Waals surface area contributed by atoms with Gasteiger partial charge < -0.3 is 4.42 Å². The molecule has 0 N–H and O–H groups in total. The van der Waals surface area contributed by atoms with Crippen molar-refractivity contribution >= 4 is 54.4 Å². The Morgan fingerprint density at radius 3 is 1.88 bits per heavy atom. The normalized spacial score (nSPS) is 11.7. The summed E-state index contributed by atoms with van der Waals surface area (Å²) in [6.45, 7) is 0. The molecule has 0 spiro atoms. The highest BCUT2D eigenvalue weighted by Crippen LogP contribution is 2.45. The molecule has 7 aromatic carbocycles. The van der Waals surface area contributed by atoms with Gasteiger partial charge in [-0.25, -0.2) is 15.0 Å². The van der Waals surface area contributed by atoms with E-state index in [9.17, 15) is 0 Å². The molecular formula is C45H27N3O. The third-order valence-electron chi connectivity index (χ3n) is 9.46. The van der Waals surface area contributed by atoms with Gasteiger partial charge in [0.05, 0.1) is 33.4 Å². The molecule has 0 bridgehead atoms. The van der Waals surface area contributed by atoms with Gasteiger partial charge in [0.2, 0.25) is 0 Å². The Balaban J connectivity index is 1.32. The van der Waals surface area contributed by atoms with E-state index in [-0.39, 0.29) is 0 Å². The first-order valence-corrected chi connectivity index (χ1v) is 16.5. The van der Waals surface area contributed by atoms with Crippen LogP contribution in [0.5, 0.6) is 0 Å². The van der Waals surface area contributed by atoms with Crippen LogP contribution in [0.4, 0.5) is 0 Å². The molecule has 10 rings (SSSR count). The van der Waals surface area contributed by atoms with Crippen molar-refractivity contribution in [1.29, 1.82) is 0 Å². The third-order valence-corrected chi connectivity index (χ3v) is 9.46. The summed E-state index contributed by atoms with van der Waals surface area (Å²) in [7, 11) is 0. The average Bonchev–Trinajstić information content (AvgIpc) is 3.57. The molecule has 3 heterocycles. The number of aromatic nitrogens is 3. The van der Waals surface area contributed by atoms with Crippen LogP contribution in [0.2, 0.25) is 0 Å². The Morgan fingerprint density at radius 1 is 0.408 bits per heavy atom. The summed E-state index contributed by atoms with van der Waals surface area (Å²) in [4.78, 5) is 15.7. The van der Waals surface area contributed by atoms with Crippen LogP contribution >= 0.6 is 0 Å². The summed E-state index contributed by atoms with van der Waals surface area (Å²) in [6, 6.07) is 56.5. The Kier molecular flexibility index (Phi) is 6.15. The van der Waals surface area contributed by atoms with Crippen LogP contribution in [0.15, 0.2) is 168 Å². The molecule has 0 atom stereocenters. The Morgan fingerprint density at radius 2 is 1.06 bits per heavy atom. The number of rotatable bonds is 4. The summed E-state index contributed by atoms with van der Waals surface area (Å²) in [6.07, 6.45) is 0. The lowest BCUT2D eigenvalue weighted by Gasteiger charge is -2.14. The van der Waals surface area contributed by atoms with Crippen molar-refractivity contribution in [2.75, 3.05) is 0 Å². The molecule has 228 valence electrons. The Bertz CT molecular complexity index is 2820. The highest BCUT2D eigenvalue weighted by molar-refractivity contribution is 6.24. The highest BCUT2D eigenvalue weighted by atomic mass is 16.3. The van der Waals surface area contributed by atoms with Gasteiger partial charge in [-0.3, -0.25) is 0 Å². The van der Waals surface area contributed by atoms with Gasteiger partial charge in [-0.05, 0) is 45.8 Å². The quantitative estimate of drug-likeness (QED) is 0.183. The molecule has 49 heavy (non-hydrogen) atoms. The van der Waals surface area contributed by atoms with Crippen molar-refractivity contribution in [3.05, 3.63) is 164 Å². The predicted molar refractivity (Wildman–Crippen MR) is 201 cm³/mol. The second-order valence-electron chi connectivity index (χ2n) is 12.3. The summed E-state index contributed by atoms with van der Waals surface area (Å²) in [5.41, 5.74) is 9.06. The van der Waals surface area contributed by atoms with Crippen molar-refractivity contribution in [1.82, 2.24) is 15.0 Å². The van der Waals surface area contributed by atoms with Gasteiger partial charge in [-0.15, -0.1) is 0 Å². The number of furan rings is 1. The van der Waals surface area contributed by atoms with E-state index in [4.69, 9.17) is 19.4 Å². The fourth-order valence-electron chi connectivity index (χ4n) is 7.22. The van der Waals surface area contributed by atoms with Crippen LogP contribution in [0.3, 0.4) is 0 Å². The average molecular weight is 626 g/mol. The molecule has 10 aromatic rings. The number of para-hydroxylation sites is 1. The third kappa shape index (κ3) is 4.42. The van der Waals surface area contributed by atoms with E-state index in [2.05, 4.69) is 115 Å². The lowest BCUT2D eigenvalue weighted by Crippen LogP contribution is -1.97. The second kappa shape index (κ2) is 11.0. The summed E-state index contributed by atoms with van der Waals surface area (Å²) >= 11 is 0. The van der Waals surface area contributed by atoms with Crippen molar-refractivity contribution in [2.24, 2.45) is 0 Å². The highest BCUT2D eigenvalue weighted by Gasteiger charge is 2.23. The minimum atomic E-state index is 0.669. The summed E-state index contributed by atoms with van der Waals surface area (Å²) in [5, 5.41) is 7.73. The first-order chi connectivity index (χ1) is 24.3. The summed E-state index contributed by atoms with van der Waals surface area (Å²) in [5.74, 6) is 0.669. The van der Waals surface area contributed by atoms with Crippen LogP contribution in [0.25, 0.3) is 99.5 Å². The van der Waals surface area contributed by atoms with Crippen molar-refractivity contribution in [3.8, 4) is 45.2 Å². The number of benzene rings is 7. The van der Waals surface area contributed by atoms with E-state index < -0.39 is 0 Å². The maximum Gasteiger partial charge on any atom is 0.160 e.